The van der Waals surface area contributed by atoms with Gasteiger partial charge in [0.15, 0.2) is 0 Å². The van der Waals surface area contributed by atoms with Crippen LogP contribution in [-0.4, -0.2) is 17.9 Å². The Hall–Kier alpha value is -5.45. The second-order valence-electron chi connectivity index (χ2n) is 13.3. The number of nitrogens with zero attached hydrogens (tertiary/aromatic N) is 2. The Balaban J connectivity index is 1.17. The van der Waals surface area contributed by atoms with Crippen molar-refractivity contribution in [3.8, 4) is 11.1 Å². The van der Waals surface area contributed by atoms with Gasteiger partial charge in [0.05, 0.1) is 29.3 Å². The monoisotopic (exact) mass is 654 g/mol. The Kier molecular flexibility index (Phi) is 9.91. The van der Waals surface area contributed by atoms with Crippen LogP contribution in [0, 0.1) is 0 Å². The standard InChI is InChI=1S/C46H46N4/c1-5-44-48-42-24-12-13-25-43(42)50(44)41-28-26-35(27-29-41)37-20-14-21-38(30-37)39-22-15-23-40(31-39)46(47-33(4)34-16-8-6-9-17-34)49-45(32(2)3)36-18-10-7-11-19-36/h6-28,30-31,33,41,44,46-48H,2,5,29H2,1,3-4H3/b49-45+. The molecule has 0 amide bonds. The number of fused-ring (bicyclic) bond motifs is 1. The summed E-state index contributed by atoms with van der Waals surface area (Å²) >= 11 is 0. The summed E-state index contributed by atoms with van der Waals surface area (Å²) in [6, 6.07) is 47.7. The number of hydrogen-bond donors (Lipinski definition) is 2. The van der Waals surface area contributed by atoms with Crippen LogP contribution in [0.2, 0.25) is 0 Å². The summed E-state index contributed by atoms with van der Waals surface area (Å²) < 4.78 is 0. The predicted molar refractivity (Wildman–Crippen MR) is 213 cm³/mol. The lowest BCUT2D eigenvalue weighted by Gasteiger charge is -2.34. The molecule has 4 nitrogen and oxygen atoms in total. The van der Waals surface area contributed by atoms with Crippen molar-refractivity contribution in [1.29, 1.82) is 0 Å². The van der Waals surface area contributed by atoms with Crippen molar-refractivity contribution in [2.24, 2.45) is 4.99 Å². The third-order valence-corrected chi connectivity index (χ3v) is 9.81. The van der Waals surface area contributed by atoms with Crippen molar-refractivity contribution in [1.82, 2.24) is 5.32 Å². The second kappa shape index (κ2) is 15.0. The van der Waals surface area contributed by atoms with Crippen LogP contribution in [0.3, 0.4) is 0 Å². The molecule has 4 unspecified atom stereocenters. The fourth-order valence-electron chi connectivity index (χ4n) is 7.18. The highest BCUT2D eigenvalue weighted by Gasteiger charge is 2.32. The summed E-state index contributed by atoms with van der Waals surface area (Å²) in [5.41, 5.74) is 12.6. The van der Waals surface area contributed by atoms with E-state index in [1.54, 1.807) is 0 Å². The Labute approximate surface area is 297 Å². The number of rotatable bonds is 11. The molecular weight excluding hydrogens is 609 g/mol. The highest BCUT2D eigenvalue weighted by atomic mass is 15.3. The van der Waals surface area contributed by atoms with Gasteiger partial charge in [0.2, 0.25) is 0 Å². The molecule has 5 aromatic rings. The quantitative estimate of drug-likeness (QED) is 0.139. The van der Waals surface area contributed by atoms with E-state index in [4.69, 9.17) is 4.99 Å². The van der Waals surface area contributed by atoms with Crippen molar-refractivity contribution in [2.45, 2.75) is 58.0 Å². The van der Waals surface area contributed by atoms with E-state index in [-0.39, 0.29) is 12.2 Å². The van der Waals surface area contributed by atoms with Crippen molar-refractivity contribution < 1.29 is 0 Å². The summed E-state index contributed by atoms with van der Waals surface area (Å²) in [6.45, 7) is 10.8. The van der Waals surface area contributed by atoms with Gasteiger partial charge in [-0.05, 0) is 95.5 Å². The molecular formula is C46H46N4. The first-order valence-electron chi connectivity index (χ1n) is 17.8. The largest absolute Gasteiger partial charge is 0.363 e. The van der Waals surface area contributed by atoms with Crippen LogP contribution >= 0.6 is 0 Å². The highest BCUT2D eigenvalue weighted by Crippen LogP contribution is 2.39. The van der Waals surface area contributed by atoms with E-state index < -0.39 is 0 Å². The molecule has 0 spiro atoms. The van der Waals surface area contributed by atoms with Gasteiger partial charge in [0, 0.05) is 6.04 Å². The zero-order valence-electron chi connectivity index (χ0n) is 29.3. The van der Waals surface area contributed by atoms with Gasteiger partial charge in [-0.2, -0.15) is 0 Å². The molecule has 0 bridgehead atoms. The van der Waals surface area contributed by atoms with Crippen LogP contribution in [0.1, 0.15) is 68.1 Å². The summed E-state index contributed by atoms with van der Waals surface area (Å²) in [7, 11) is 0. The molecule has 2 N–H and O–H groups in total. The summed E-state index contributed by atoms with van der Waals surface area (Å²) in [5, 5.41) is 7.54. The minimum absolute atomic E-state index is 0.0883. The average Bonchev–Trinajstić information content (AvgIpc) is 3.56. The molecule has 2 aliphatic rings. The molecule has 0 aromatic heterocycles. The highest BCUT2D eigenvalue weighted by molar-refractivity contribution is 6.12. The van der Waals surface area contributed by atoms with Crippen LogP contribution in [0.5, 0.6) is 0 Å². The van der Waals surface area contributed by atoms with Gasteiger partial charge in [-0.3, -0.25) is 10.3 Å². The Bertz CT molecular complexity index is 2040. The van der Waals surface area contributed by atoms with Crippen LogP contribution in [0.15, 0.2) is 169 Å². The number of allylic oxidation sites excluding steroid dienone is 3. The number of hydrogen-bond acceptors (Lipinski definition) is 4. The molecule has 1 aliphatic heterocycles. The number of nitrogens with one attached hydrogen (secondary N) is 2. The average molecular weight is 655 g/mol. The third kappa shape index (κ3) is 7.12. The molecule has 0 saturated carbocycles. The molecule has 5 aromatic carbocycles. The van der Waals surface area contributed by atoms with Gasteiger partial charge in [0.1, 0.15) is 6.17 Å². The van der Waals surface area contributed by atoms with Gasteiger partial charge in [-0.15, -0.1) is 0 Å². The lowest BCUT2D eigenvalue weighted by molar-refractivity contribution is 0.481. The first kappa shape index (κ1) is 33.1. The number of aliphatic imine (C=N–C) groups is 1. The van der Waals surface area contributed by atoms with Gasteiger partial charge < -0.3 is 10.2 Å². The van der Waals surface area contributed by atoms with Gasteiger partial charge >= 0.3 is 0 Å². The van der Waals surface area contributed by atoms with Crippen molar-refractivity contribution in [3.05, 3.63) is 186 Å². The zero-order valence-corrected chi connectivity index (χ0v) is 29.3. The Morgan fingerprint density at radius 3 is 2.20 bits per heavy atom. The number of anilines is 2. The molecule has 4 atom stereocenters. The smallest absolute Gasteiger partial charge is 0.126 e. The lowest BCUT2D eigenvalue weighted by atomic mass is 9.93. The van der Waals surface area contributed by atoms with E-state index in [0.29, 0.717) is 12.2 Å². The van der Waals surface area contributed by atoms with E-state index in [9.17, 15) is 0 Å². The van der Waals surface area contributed by atoms with Crippen molar-refractivity contribution >= 4 is 22.7 Å². The van der Waals surface area contributed by atoms with Gasteiger partial charge in [0.25, 0.3) is 0 Å². The molecule has 1 heterocycles. The molecule has 50 heavy (non-hydrogen) atoms. The number of benzene rings is 5. The Morgan fingerprint density at radius 2 is 1.48 bits per heavy atom. The fraction of sp³-hybridized carbons (Fsp3) is 0.196. The number of para-hydroxylation sites is 2. The van der Waals surface area contributed by atoms with Crippen LogP contribution < -0.4 is 15.5 Å². The summed E-state index contributed by atoms with van der Waals surface area (Å²) in [4.78, 5) is 7.90. The molecule has 0 radical (unpaired) electrons. The maximum Gasteiger partial charge on any atom is 0.126 e. The molecule has 7 rings (SSSR count). The third-order valence-electron chi connectivity index (χ3n) is 9.81. The lowest BCUT2D eigenvalue weighted by Crippen LogP contribution is -2.42. The van der Waals surface area contributed by atoms with Crippen molar-refractivity contribution in [3.63, 3.8) is 0 Å². The van der Waals surface area contributed by atoms with Crippen LogP contribution in [0.25, 0.3) is 16.7 Å². The molecule has 4 heteroatoms. The molecule has 0 fully saturated rings. The van der Waals surface area contributed by atoms with Crippen LogP contribution in [-0.2, 0) is 0 Å². The predicted octanol–water partition coefficient (Wildman–Crippen LogP) is 11.1. The maximum absolute atomic E-state index is 5.35. The summed E-state index contributed by atoms with van der Waals surface area (Å²) in [6.07, 6.45) is 9.13. The molecule has 0 saturated heterocycles. The fourth-order valence-corrected chi connectivity index (χ4v) is 7.18. The van der Waals surface area contributed by atoms with Crippen molar-refractivity contribution in [2.75, 3.05) is 10.2 Å². The minimum Gasteiger partial charge on any atom is -0.363 e. The van der Waals surface area contributed by atoms with Gasteiger partial charge in [-0.1, -0.05) is 141 Å². The minimum atomic E-state index is -0.279. The molecule has 250 valence electrons. The first-order valence-corrected chi connectivity index (χ1v) is 17.8. The van der Waals surface area contributed by atoms with E-state index in [1.807, 2.05) is 13.0 Å². The normalized spacial score (nSPS) is 18.2. The zero-order chi connectivity index (χ0) is 34.5. The van der Waals surface area contributed by atoms with E-state index in [0.717, 1.165) is 35.3 Å². The first-order chi connectivity index (χ1) is 24.5. The topological polar surface area (TPSA) is 39.7 Å². The Morgan fingerprint density at radius 1 is 0.820 bits per heavy atom. The van der Waals surface area contributed by atoms with Crippen LogP contribution in [0.4, 0.5) is 11.4 Å². The second-order valence-corrected chi connectivity index (χ2v) is 13.3. The summed E-state index contributed by atoms with van der Waals surface area (Å²) in [5.74, 6) is 0. The van der Waals surface area contributed by atoms with E-state index in [2.05, 4.69) is 182 Å². The van der Waals surface area contributed by atoms with E-state index >= 15 is 0 Å². The van der Waals surface area contributed by atoms with E-state index in [1.165, 1.54) is 39.2 Å². The maximum atomic E-state index is 5.35. The SMILES string of the molecule is C=C(C)/C(=N\C(NC(C)c1ccccc1)c1cccc(-c2cccc(C3=CCC(N4c5ccccc5NC4CC)C=C3)c2)c1)c1ccccc1. The molecule has 1 aliphatic carbocycles. The van der Waals surface area contributed by atoms with Gasteiger partial charge in [-0.25, -0.2) is 0 Å².